The van der Waals surface area contributed by atoms with Gasteiger partial charge >= 0.3 is 0 Å². The third-order valence-corrected chi connectivity index (χ3v) is 5.46. The van der Waals surface area contributed by atoms with Gasteiger partial charge in [0, 0.05) is 19.8 Å². The standard InChI is InChI=1S/C13H22N4O2S/c1-9-12(20-17-16-9)11(15-14)10-2-5-19-13(8-10)3-6-18-7-4-13/h10-11,15H,2-8,14H2,1H3. The number of nitrogens with two attached hydrogens (primary N) is 1. The van der Waals surface area contributed by atoms with E-state index in [-0.39, 0.29) is 11.6 Å². The molecule has 2 saturated heterocycles. The van der Waals surface area contributed by atoms with Crippen molar-refractivity contribution in [3.8, 4) is 0 Å². The summed E-state index contributed by atoms with van der Waals surface area (Å²) in [7, 11) is 0. The Kier molecular flexibility index (Phi) is 4.32. The van der Waals surface area contributed by atoms with Gasteiger partial charge in [-0.05, 0) is 50.1 Å². The van der Waals surface area contributed by atoms with Crippen LogP contribution in [0.15, 0.2) is 0 Å². The molecule has 2 fully saturated rings. The number of rotatable bonds is 3. The summed E-state index contributed by atoms with van der Waals surface area (Å²) >= 11 is 1.44. The van der Waals surface area contributed by atoms with Crippen LogP contribution in [0.5, 0.6) is 0 Å². The maximum Gasteiger partial charge on any atom is 0.0773 e. The Morgan fingerprint density at radius 1 is 1.40 bits per heavy atom. The van der Waals surface area contributed by atoms with Crippen molar-refractivity contribution in [3.05, 3.63) is 10.6 Å². The number of nitrogens with one attached hydrogen (secondary N) is 1. The van der Waals surface area contributed by atoms with Crippen molar-refractivity contribution in [2.45, 2.75) is 44.2 Å². The van der Waals surface area contributed by atoms with E-state index in [0.29, 0.717) is 5.92 Å². The van der Waals surface area contributed by atoms with Gasteiger partial charge < -0.3 is 9.47 Å². The zero-order valence-corrected chi connectivity index (χ0v) is 12.6. The van der Waals surface area contributed by atoms with E-state index in [0.717, 1.165) is 56.1 Å². The van der Waals surface area contributed by atoms with Gasteiger partial charge in [-0.15, -0.1) is 5.10 Å². The molecule has 7 heteroatoms. The van der Waals surface area contributed by atoms with Crippen molar-refractivity contribution in [3.63, 3.8) is 0 Å². The first-order chi connectivity index (χ1) is 9.74. The molecule has 1 aromatic heterocycles. The fourth-order valence-corrected chi connectivity index (χ4v) is 4.19. The highest BCUT2D eigenvalue weighted by molar-refractivity contribution is 7.05. The van der Waals surface area contributed by atoms with Crippen LogP contribution in [0.1, 0.15) is 42.3 Å². The minimum Gasteiger partial charge on any atom is -0.381 e. The molecule has 2 atom stereocenters. The quantitative estimate of drug-likeness (QED) is 0.647. The predicted octanol–water partition coefficient (Wildman–Crippen LogP) is 1.33. The van der Waals surface area contributed by atoms with E-state index in [1.165, 1.54) is 11.5 Å². The van der Waals surface area contributed by atoms with Crippen molar-refractivity contribution in [1.82, 2.24) is 15.0 Å². The van der Waals surface area contributed by atoms with E-state index in [9.17, 15) is 0 Å². The van der Waals surface area contributed by atoms with Crippen molar-refractivity contribution in [2.75, 3.05) is 19.8 Å². The lowest BCUT2D eigenvalue weighted by molar-refractivity contribution is -0.150. The van der Waals surface area contributed by atoms with Crippen LogP contribution < -0.4 is 11.3 Å². The molecule has 1 spiro atoms. The van der Waals surface area contributed by atoms with Crippen molar-refractivity contribution >= 4 is 11.5 Å². The fraction of sp³-hybridized carbons (Fsp3) is 0.846. The second kappa shape index (κ2) is 6.03. The third kappa shape index (κ3) is 2.73. The summed E-state index contributed by atoms with van der Waals surface area (Å²) in [4.78, 5) is 1.15. The third-order valence-electron chi connectivity index (χ3n) is 4.56. The summed E-state index contributed by atoms with van der Waals surface area (Å²) in [5, 5.41) is 4.11. The highest BCUT2D eigenvalue weighted by Gasteiger charge is 2.42. The second-order valence-corrected chi connectivity index (χ2v) is 6.55. The summed E-state index contributed by atoms with van der Waals surface area (Å²) in [5.74, 6) is 6.28. The molecule has 2 unspecified atom stereocenters. The van der Waals surface area contributed by atoms with Crippen LogP contribution in [0, 0.1) is 12.8 Å². The second-order valence-electron chi connectivity index (χ2n) is 5.76. The maximum atomic E-state index is 6.10. The smallest absolute Gasteiger partial charge is 0.0773 e. The Morgan fingerprint density at radius 2 is 2.20 bits per heavy atom. The van der Waals surface area contributed by atoms with Crippen molar-refractivity contribution in [2.24, 2.45) is 11.8 Å². The van der Waals surface area contributed by atoms with Gasteiger partial charge in [-0.25, -0.2) is 0 Å². The van der Waals surface area contributed by atoms with Crippen LogP contribution in [0.25, 0.3) is 0 Å². The molecule has 0 saturated carbocycles. The highest BCUT2D eigenvalue weighted by atomic mass is 32.1. The molecule has 2 aliphatic rings. The lowest BCUT2D eigenvalue weighted by atomic mass is 9.77. The largest absolute Gasteiger partial charge is 0.381 e. The van der Waals surface area contributed by atoms with E-state index >= 15 is 0 Å². The van der Waals surface area contributed by atoms with Gasteiger partial charge in [0.1, 0.15) is 0 Å². The summed E-state index contributed by atoms with van der Waals surface area (Å²) in [6, 6.07) is 0.124. The minimum absolute atomic E-state index is 0.0116. The summed E-state index contributed by atoms with van der Waals surface area (Å²) in [6.45, 7) is 4.39. The molecule has 3 N–H and O–H groups in total. The van der Waals surface area contributed by atoms with Gasteiger partial charge in [0.2, 0.25) is 0 Å². The van der Waals surface area contributed by atoms with Crippen LogP contribution in [-0.4, -0.2) is 35.0 Å². The number of hydrogen-bond acceptors (Lipinski definition) is 7. The van der Waals surface area contributed by atoms with Gasteiger partial charge in [-0.1, -0.05) is 4.49 Å². The molecule has 6 nitrogen and oxygen atoms in total. The molecule has 20 heavy (non-hydrogen) atoms. The molecule has 3 heterocycles. The molecule has 2 aliphatic heterocycles. The number of hydrazine groups is 1. The molecule has 3 rings (SSSR count). The summed E-state index contributed by atoms with van der Waals surface area (Å²) < 4.78 is 15.6. The Balaban J connectivity index is 1.76. The zero-order chi connectivity index (χ0) is 14.0. The van der Waals surface area contributed by atoms with E-state index < -0.39 is 0 Å². The van der Waals surface area contributed by atoms with Crippen LogP contribution in [0.3, 0.4) is 0 Å². The molecule has 0 radical (unpaired) electrons. The van der Waals surface area contributed by atoms with E-state index in [1.807, 2.05) is 6.92 Å². The molecule has 112 valence electrons. The Bertz CT molecular complexity index is 442. The number of ether oxygens (including phenoxy) is 2. The van der Waals surface area contributed by atoms with E-state index in [2.05, 4.69) is 15.0 Å². The number of nitrogens with zero attached hydrogens (tertiary/aromatic N) is 2. The van der Waals surface area contributed by atoms with Gasteiger partial charge in [-0.2, -0.15) is 0 Å². The Hall–Kier alpha value is -0.600. The zero-order valence-electron chi connectivity index (χ0n) is 11.8. The lowest BCUT2D eigenvalue weighted by Crippen LogP contribution is -2.47. The lowest BCUT2D eigenvalue weighted by Gasteiger charge is -2.45. The van der Waals surface area contributed by atoms with Crippen molar-refractivity contribution in [1.29, 1.82) is 0 Å². The number of aromatic nitrogens is 2. The van der Waals surface area contributed by atoms with E-state index in [1.54, 1.807) is 0 Å². The molecular formula is C13H22N4O2S. The molecule has 0 aliphatic carbocycles. The average Bonchev–Trinajstić information content (AvgIpc) is 2.87. The number of hydrogen-bond donors (Lipinski definition) is 2. The molecule has 0 bridgehead atoms. The van der Waals surface area contributed by atoms with Gasteiger partial charge in [-0.3, -0.25) is 11.3 Å². The average molecular weight is 298 g/mol. The monoisotopic (exact) mass is 298 g/mol. The highest BCUT2D eigenvalue weighted by Crippen LogP contribution is 2.42. The molecule has 1 aromatic rings. The van der Waals surface area contributed by atoms with Crippen LogP contribution in [0.4, 0.5) is 0 Å². The topological polar surface area (TPSA) is 82.3 Å². The summed E-state index contributed by atoms with van der Waals surface area (Å²) in [6.07, 6.45) is 4.03. The van der Waals surface area contributed by atoms with E-state index in [4.69, 9.17) is 15.3 Å². The maximum absolute atomic E-state index is 6.10. The molecule has 0 aromatic carbocycles. The Morgan fingerprint density at radius 3 is 2.85 bits per heavy atom. The first kappa shape index (κ1) is 14.3. The predicted molar refractivity (Wildman–Crippen MR) is 76.2 cm³/mol. The number of aryl methyl sites for hydroxylation is 1. The SMILES string of the molecule is Cc1nnsc1C(NN)C1CCOC2(CCOCC2)C1. The van der Waals surface area contributed by atoms with Gasteiger partial charge in [0.15, 0.2) is 0 Å². The van der Waals surface area contributed by atoms with Gasteiger partial charge in [0.25, 0.3) is 0 Å². The van der Waals surface area contributed by atoms with Gasteiger partial charge in [0.05, 0.1) is 22.2 Å². The summed E-state index contributed by atoms with van der Waals surface area (Å²) in [5.41, 5.74) is 3.95. The van der Waals surface area contributed by atoms with Crippen molar-refractivity contribution < 1.29 is 9.47 Å². The van der Waals surface area contributed by atoms with Crippen LogP contribution in [-0.2, 0) is 9.47 Å². The first-order valence-electron chi connectivity index (χ1n) is 7.21. The first-order valence-corrected chi connectivity index (χ1v) is 7.98. The fourth-order valence-electron chi connectivity index (χ4n) is 3.39. The molecular weight excluding hydrogens is 276 g/mol. The molecule has 0 amide bonds. The van der Waals surface area contributed by atoms with Crippen LogP contribution >= 0.6 is 11.5 Å². The Labute approximate surface area is 123 Å². The van der Waals surface area contributed by atoms with Crippen LogP contribution in [0.2, 0.25) is 0 Å². The normalized spacial score (nSPS) is 27.6. The minimum atomic E-state index is -0.0116.